The van der Waals surface area contributed by atoms with Crippen molar-refractivity contribution >= 4 is 5.97 Å². The lowest BCUT2D eigenvalue weighted by atomic mass is 10.3. The molecule has 17 heavy (non-hydrogen) atoms. The second-order valence-electron chi connectivity index (χ2n) is 3.34. The average Bonchev–Trinajstić information content (AvgIpc) is 2.26. The third kappa shape index (κ3) is 50.6. The summed E-state index contributed by atoms with van der Waals surface area (Å²) in [5.74, 6) is -0.175. The number of aliphatic hydroxyl groups excluding tert-OH is 1. The molecule has 0 saturated carbocycles. The molecule has 106 valence electrons. The second-order valence-corrected chi connectivity index (χ2v) is 3.34. The molecule has 0 atom stereocenters. The van der Waals surface area contributed by atoms with Crippen LogP contribution in [0.15, 0.2) is 0 Å². The van der Waals surface area contributed by atoms with Gasteiger partial charge >= 0.3 is 5.97 Å². The Hall–Kier alpha value is -0.650. The molecule has 0 aromatic heterocycles. The first-order chi connectivity index (χ1) is 7.95. The average molecular weight is 252 g/mol. The van der Waals surface area contributed by atoms with Gasteiger partial charge in [-0.25, -0.2) is 0 Å². The van der Waals surface area contributed by atoms with E-state index in [1.807, 2.05) is 0 Å². The first kappa shape index (κ1) is 21.6. The van der Waals surface area contributed by atoms with Gasteiger partial charge < -0.3 is 19.7 Å². The van der Waals surface area contributed by atoms with Crippen LogP contribution in [0.4, 0.5) is 0 Å². The molecule has 0 spiro atoms. The van der Waals surface area contributed by atoms with Gasteiger partial charge in [-0.15, -0.1) is 0 Å². The van der Waals surface area contributed by atoms with Crippen LogP contribution in [0, 0.1) is 0 Å². The topological polar surface area (TPSA) is 76.0 Å². The molecule has 0 aromatic rings. The molecular formula is C12H28O5. The second kappa shape index (κ2) is 20.7. The van der Waals surface area contributed by atoms with E-state index in [4.69, 9.17) is 14.9 Å². The maximum absolute atomic E-state index is 10.2. The van der Waals surface area contributed by atoms with Crippen molar-refractivity contribution < 1.29 is 24.5 Å². The predicted octanol–water partition coefficient (Wildman–Crippen LogP) is 1.71. The normalized spacial score (nSPS) is 8.71. The lowest BCUT2D eigenvalue weighted by molar-refractivity contribution is -0.141. The Morgan fingerprint density at radius 1 is 1.18 bits per heavy atom. The van der Waals surface area contributed by atoms with Gasteiger partial charge in [0.25, 0.3) is 0 Å². The van der Waals surface area contributed by atoms with Crippen LogP contribution < -0.4 is 0 Å². The summed E-state index contributed by atoms with van der Waals surface area (Å²) < 4.78 is 8.96. The Labute approximate surface area is 105 Å². The molecule has 0 unspecified atom stereocenters. The molecule has 0 fully saturated rings. The summed E-state index contributed by atoms with van der Waals surface area (Å²) in [4.78, 5) is 10.2. The summed E-state index contributed by atoms with van der Waals surface area (Å²) >= 11 is 0. The summed E-state index contributed by atoms with van der Waals surface area (Å²) in [6.07, 6.45) is 2.61. The van der Waals surface area contributed by atoms with Crippen molar-refractivity contribution in [2.75, 3.05) is 20.8 Å². The van der Waals surface area contributed by atoms with Gasteiger partial charge in [-0.3, -0.25) is 4.79 Å². The predicted molar refractivity (Wildman–Crippen MR) is 67.6 cm³/mol. The number of rotatable bonds is 5. The van der Waals surface area contributed by atoms with E-state index in [2.05, 4.69) is 11.7 Å². The van der Waals surface area contributed by atoms with E-state index in [0.29, 0.717) is 13.0 Å². The number of aliphatic hydroxyl groups is 2. The lowest BCUT2D eigenvalue weighted by Crippen LogP contribution is -1.99. The number of carbonyl (C=O) groups is 1. The summed E-state index contributed by atoms with van der Waals surface area (Å²) in [6, 6.07) is 0. The monoisotopic (exact) mass is 252 g/mol. The molecule has 5 heteroatoms. The van der Waals surface area contributed by atoms with E-state index in [-0.39, 0.29) is 5.97 Å². The number of unbranched alkanes of at least 4 members (excludes halogenated alkanes) is 2. The van der Waals surface area contributed by atoms with Crippen molar-refractivity contribution in [3.8, 4) is 0 Å². The molecule has 0 aliphatic rings. The van der Waals surface area contributed by atoms with Gasteiger partial charge in [-0.2, -0.15) is 0 Å². The van der Waals surface area contributed by atoms with E-state index in [1.165, 1.54) is 13.3 Å². The first-order valence-electron chi connectivity index (χ1n) is 5.85. The zero-order valence-electron chi connectivity index (χ0n) is 11.7. The minimum Gasteiger partial charge on any atom is -0.466 e. The van der Waals surface area contributed by atoms with Crippen molar-refractivity contribution in [3.05, 3.63) is 0 Å². The zero-order chi connectivity index (χ0) is 14.1. The van der Waals surface area contributed by atoms with Gasteiger partial charge in [0.2, 0.25) is 0 Å². The highest BCUT2D eigenvalue weighted by Gasteiger charge is 1.89. The van der Waals surface area contributed by atoms with Gasteiger partial charge in [-0.05, 0) is 12.8 Å². The van der Waals surface area contributed by atoms with Crippen molar-refractivity contribution in [1.82, 2.24) is 0 Å². The van der Waals surface area contributed by atoms with Gasteiger partial charge in [-0.1, -0.05) is 26.7 Å². The van der Waals surface area contributed by atoms with Crippen molar-refractivity contribution in [2.24, 2.45) is 0 Å². The molecule has 0 aliphatic heterocycles. The molecule has 0 amide bonds. The molecule has 0 radical (unpaired) electrons. The fourth-order valence-electron chi connectivity index (χ4n) is 0.568. The number of ether oxygens (including phenoxy) is 2. The van der Waals surface area contributed by atoms with Gasteiger partial charge in [0.1, 0.15) is 0 Å². The maximum atomic E-state index is 10.2. The first-order valence-corrected chi connectivity index (χ1v) is 5.85. The largest absolute Gasteiger partial charge is 0.466 e. The standard InChI is InChI=1S/C7H14O2.C3H8O2.C2H6O/c1-3-4-5-6-9-7(2)8;1-2-3(4)5;1-3-2/h3-6H2,1-2H3;3-5H,2H2,1H3;1-2H3. The highest BCUT2D eigenvalue weighted by Crippen LogP contribution is 1.93. The molecule has 2 N–H and O–H groups in total. The maximum Gasteiger partial charge on any atom is 0.302 e. The summed E-state index contributed by atoms with van der Waals surface area (Å²) in [5.41, 5.74) is 0. The van der Waals surface area contributed by atoms with E-state index in [1.54, 1.807) is 21.1 Å². The highest BCUT2D eigenvalue weighted by atomic mass is 16.5. The number of carbonyl (C=O) groups excluding carboxylic acids is 1. The minimum absolute atomic E-state index is 0.175. The Kier molecular flexibility index (Phi) is 26.4. The Morgan fingerprint density at radius 3 is 1.82 bits per heavy atom. The number of esters is 1. The quantitative estimate of drug-likeness (QED) is 0.442. The van der Waals surface area contributed by atoms with Crippen LogP contribution in [0.5, 0.6) is 0 Å². The summed E-state index contributed by atoms with van der Waals surface area (Å²) in [6.45, 7) is 5.84. The molecule has 0 saturated heterocycles. The van der Waals surface area contributed by atoms with E-state index in [9.17, 15) is 4.79 Å². The lowest BCUT2D eigenvalue weighted by Gasteiger charge is -1.98. The SMILES string of the molecule is CCC(O)O.CCCCCOC(C)=O.COC. The molecule has 0 heterocycles. The fourth-order valence-corrected chi connectivity index (χ4v) is 0.568. The van der Waals surface area contributed by atoms with Crippen LogP contribution in [0.1, 0.15) is 46.5 Å². The molecule has 0 aromatic carbocycles. The van der Waals surface area contributed by atoms with Gasteiger partial charge in [0.05, 0.1) is 6.61 Å². The van der Waals surface area contributed by atoms with Gasteiger partial charge in [0.15, 0.2) is 6.29 Å². The van der Waals surface area contributed by atoms with E-state index in [0.717, 1.165) is 12.8 Å². The Morgan fingerprint density at radius 2 is 1.59 bits per heavy atom. The van der Waals surface area contributed by atoms with Crippen LogP contribution in [-0.4, -0.2) is 43.3 Å². The number of hydrogen-bond acceptors (Lipinski definition) is 5. The van der Waals surface area contributed by atoms with Gasteiger partial charge in [0, 0.05) is 21.1 Å². The number of methoxy groups -OCH3 is 1. The minimum atomic E-state index is -1.12. The number of hydrogen-bond donors (Lipinski definition) is 2. The highest BCUT2D eigenvalue weighted by molar-refractivity contribution is 5.65. The zero-order valence-corrected chi connectivity index (χ0v) is 11.7. The van der Waals surface area contributed by atoms with E-state index >= 15 is 0 Å². The van der Waals surface area contributed by atoms with Crippen LogP contribution in [0.2, 0.25) is 0 Å². The molecule has 0 rings (SSSR count). The molecule has 5 nitrogen and oxygen atoms in total. The summed E-state index contributed by atoms with van der Waals surface area (Å²) in [7, 11) is 3.25. The van der Waals surface area contributed by atoms with Crippen LogP contribution in [-0.2, 0) is 14.3 Å². The smallest absolute Gasteiger partial charge is 0.302 e. The molecular weight excluding hydrogens is 224 g/mol. The van der Waals surface area contributed by atoms with Crippen molar-refractivity contribution in [3.63, 3.8) is 0 Å². The third-order valence-corrected chi connectivity index (χ3v) is 1.42. The summed E-state index contributed by atoms with van der Waals surface area (Å²) in [5, 5.41) is 15.8. The van der Waals surface area contributed by atoms with Crippen LogP contribution >= 0.6 is 0 Å². The van der Waals surface area contributed by atoms with Crippen molar-refractivity contribution in [2.45, 2.75) is 52.7 Å². The molecule has 0 bridgehead atoms. The van der Waals surface area contributed by atoms with E-state index < -0.39 is 6.29 Å². The van der Waals surface area contributed by atoms with Crippen molar-refractivity contribution in [1.29, 1.82) is 0 Å². The molecule has 0 aliphatic carbocycles. The van der Waals surface area contributed by atoms with Crippen LogP contribution in [0.25, 0.3) is 0 Å². The fraction of sp³-hybridized carbons (Fsp3) is 0.917. The van der Waals surface area contributed by atoms with Crippen LogP contribution in [0.3, 0.4) is 0 Å². The third-order valence-electron chi connectivity index (χ3n) is 1.42. The Bertz CT molecular complexity index is 137. The Balaban J connectivity index is -0.000000207.